The van der Waals surface area contributed by atoms with Gasteiger partial charge in [-0.05, 0) is 42.8 Å². The van der Waals surface area contributed by atoms with Gasteiger partial charge in [0.1, 0.15) is 0 Å². The van der Waals surface area contributed by atoms with Crippen molar-refractivity contribution in [3.63, 3.8) is 0 Å². The fourth-order valence-corrected chi connectivity index (χ4v) is 3.12. The fourth-order valence-electron chi connectivity index (χ4n) is 2.92. The minimum Gasteiger partial charge on any atom is -0.334 e. The Labute approximate surface area is 163 Å². The van der Waals surface area contributed by atoms with Gasteiger partial charge < -0.3 is 14.1 Å². The maximum Gasteiger partial charge on any atom is 0.316 e. The second-order valence-electron chi connectivity index (χ2n) is 6.05. The predicted octanol–water partition coefficient (Wildman–Crippen LogP) is 3.58. The average molecular weight is 395 g/mol. The van der Waals surface area contributed by atoms with Crippen molar-refractivity contribution in [2.45, 2.75) is 13.5 Å². The van der Waals surface area contributed by atoms with Gasteiger partial charge in [-0.1, -0.05) is 35.0 Å². The largest absolute Gasteiger partial charge is 0.334 e. The Morgan fingerprint density at radius 3 is 2.79 bits per heavy atom. The first-order valence-electron chi connectivity index (χ1n) is 8.60. The van der Waals surface area contributed by atoms with E-state index < -0.39 is 11.1 Å². The van der Waals surface area contributed by atoms with Crippen molar-refractivity contribution in [2.75, 3.05) is 0 Å². The summed E-state index contributed by atoms with van der Waals surface area (Å²) in [5.41, 5.74) is 1.42. The van der Waals surface area contributed by atoms with E-state index in [0.29, 0.717) is 39.9 Å². The van der Waals surface area contributed by atoms with Gasteiger partial charge in [0, 0.05) is 23.2 Å². The first-order chi connectivity index (χ1) is 13.6. The quantitative estimate of drug-likeness (QED) is 0.534. The number of rotatable bonds is 4. The Bertz CT molecular complexity index is 1320. The normalized spacial score (nSPS) is 11.5. The minimum absolute atomic E-state index is 0.321. The minimum atomic E-state index is -0.664. The summed E-state index contributed by atoms with van der Waals surface area (Å²) in [5.74, 6) is 0.692. The predicted molar refractivity (Wildman–Crippen MR) is 108 cm³/mol. The van der Waals surface area contributed by atoms with Crippen molar-refractivity contribution in [2.24, 2.45) is 0 Å². The Morgan fingerprint density at radius 2 is 2.00 bits per heavy atom. The zero-order valence-corrected chi connectivity index (χ0v) is 15.6. The van der Waals surface area contributed by atoms with Crippen molar-refractivity contribution in [3.8, 4) is 11.4 Å². The van der Waals surface area contributed by atoms with Gasteiger partial charge in [0.05, 0.1) is 11.0 Å². The van der Waals surface area contributed by atoms with Crippen LogP contribution in [0.2, 0.25) is 5.02 Å². The van der Waals surface area contributed by atoms with Crippen LogP contribution < -0.4 is 11.1 Å². The summed E-state index contributed by atoms with van der Waals surface area (Å²) in [4.78, 5) is 30.7. The second-order valence-corrected chi connectivity index (χ2v) is 6.45. The molecular formula is C20H15ClN4O3. The summed E-state index contributed by atoms with van der Waals surface area (Å²) in [5, 5.41) is 4.60. The van der Waals surface area contributed by atoms with E-state index in [4.69, 9.17) is 16.1 Å². The van der Waals surface area contributed by atoms with Crippen molar-refractivity contribution < 1.29 is 4.52 Å². The molecule has 0 unspecified atom stereocenters. The molecular weight excluding hydrogens is 380 g/mol. The molecule has 140 valence electrons. The van der Waals surface area contributed by atoms with Crippen LogP contribution in [0.25, 0.3) is 34.6 Å². The SMILES string of the molecule is CCn1c(=O)c(=O)[nH]c2cc(-c3noc(/C=C/c4ccccc4Cl)n3)ccc21. The maximum atomic E-state index is 11.9. The smallest absolute Gasteiger partial charge is 0.316 e. The lowest BCUT2D eigenvalue weighted by Gasteiger charge is -2.07. The molecule has 0 saturated heterocycles. The number of hydrogen-bond acceptors (Lipinski definition) is 5. The average Bonchev–Trinajstić information content (AvgIpc) is 3.17. The van der Waals surface area contributed by atoms with Gasteiger partial charge in [0.15, 0.2) is 0 Å². The number of H-pyrrole nitrogens is 1. The zero-order chi connectivity index (χ0) is 19.7. The molecule has 4 rings (SSSR count). The van der Waals surface area contributed by atoms with E-state index in [2.05, 4.69) is 15.1 Å². The number of nitrogens with one attached hydrogen (secondary N) is 1. The van der Waals surface area contributed by atoms with Crippen LogP contribution in [0.5, 0.6) is 0 Å². The summed E-state index contributed by atoms with van der Waals surface area (Å²) in [6, 6.07) is 12.7. The molecule has 2 heterocycles. The number of hydrogen-bond donors (Lipinski definition) is 1. The molecule has 0 bridgehead atoms. The summed E-state index contributed by atoms with van der Waals surface area (Å²) < 4.78 is 6.68. The van der Waals surface area contributed by atoms with E-state index in [9.17, 15) is 9.59 Å². The molecule has 0 saturated carbocycles. The first-order valence-corrected chi connectivity index (χ1v) is 8.98. The number of halogens is 1. The number of aromatic nitrogens is 4. The third kappa shape index (κ3) is 3.27. The molecule has 0 aliphatic heterocycles. The van der Waals surface area contributed by atoms with E-state index in [1.807, 2.05) is 25.1 Å². The van der Waals surface area contributed by atoms with Crippen molar-refractivity contribution in [1.29, 1.82) is 0 Å². The van der Waals surface area contributed by atoms with Crippen LogP contribution in [0.15, 0.2) is 56.6 Å². The van der Waals surface area contributed by atoms with Crippen LogP contribution in [0, 0.1) is 0 Å². The molecule has 28 heavy (non-hydrogen) atoms. The lowest BCUT2D eigenvalue weighted by molar-refractivity contribution is 0.411. The van der Waals surface area contributed by atoms with Crippen LogP contribution >= 0.6 is 11.6 Å². The standard InChI is InChI=1S/C20H15ClN4O3/c1-2-25-16-9-7-13(11-15(16)22-19(26)20(25)27)18-23-17(28-24-18)10-8-12-5-3-4-6-14(12)21/h3-11H,2H2,1H3,(H,22,26)/b10-8+. The molecule has 7 nitrogen and oxygen atoms in total. The van der Waals surface area contributed by atoms with Crippen LogP contribution in [-0.4, -0.2) is 19.7 Å². The van der Waals surface area contributed by atoms with Crippen LogP contribution in [0.1, 0.15) is 18.4 Å². The molecule has 0 fully saturated rings. The number of fused-ring (bicyclic) bond motifs is 1. The van der Waals surface area contributed by atoms with Crippen molar-refractivity contribution in [3.05, 3.63) is 79.6 Å². The Hall–Kier alpha value is -3.45. The second kappa shape index (κ2) is 7.28. The van der Waals surface area contributed by atoms with Crippen LogP contribution in [0.3, 0.4) is 0 Å². The lowest BCUT2D eigenvalue weighted by atomic mass is 10.2. The highest BCUT2D eigenvalue weighted by Crippen LogP contribution is 2.22. The van der Waals surface area contributed by atoms with E-state index >= 15 is 0 Å². The number of nitrogens with zero attached hydrogens (tertiary/aromatic N) is 3. The highest BCUT2D eigenvalue weighted by molar-refractivity contribution is 6.32. The third-order valence-corrected chi connectivity index (χ3v) is 4.65. The number of aryl methyl sites for hydroxylation is 1. The number of benzene rings is 2. The van der Waals surface area contributed by atoms with E-state index in [-0.39, 0.29) is 0 Å². The van der Waals surface area contributed by atoms with Crippen LogP contribution in [0.4, 0.5) is 0 Å². The zero-order valence-electron chi connectivity index (χ0n) is 14.8. The Kier molecular flexibility index (Phi) is 4.67. The first kappa shape index (κ1) is 17.9. The van der Waals surface area contributed by atoms with Crippen molar-refractivity contribution in [1.82, 2.24) is 19.7 Å². The third-order valence-electron chi connectivity index (χ3n) is 4.30. The van der Waals surface area contributed by atoms with Gasteiger partial charge in [-0.15, -0.1) is 0 Å². The Balaban J connectivity index is 1.70. The topological polar surface area (TPSA) is 93.8 Å². The molecule has 2 aromatic carbocycles. The van der Waals surface area contributed by atoms with E-state index in [0.717, 1.165) is 5.56 Å². The van der Waals surface area contributed by atoms with Gasteiger partial charge in [-0.3, -0.25) is 9.59 Å². The van der Waals surface area contributed by atoms with Gasteiger partial charge in [0.2, 0.25) is 5.82 Å². The molecule has 0 radical (unpaired) electrons. The van der Waals surface area contributed by atoms with Gasteiger partial charge >= 0.3 is 11.1 Å². The fraction of sp³-hybridized carbons (Fsp3) is 0.100. The molecule has 0 aliphatic rings. The summed E-state index contributed by atoms with van der Waals surface area (Å²) in [7, 11) is 0. The highest BCUT2D eigenvalue weighted by Gasteiger charge is 2.11. The van der Waals surface area contributed by atoms with E-state index in [1.165, 1.54) is 4.57 Å². The highest BCUT2D eigenvalue weighted by atomic mass is 35.5. The van der Waals surface area contributed by atoms with E-state index in [1.54, 1.807) is 36.4 Å². The molecule has 4 aromatic rings. The maximum absolute atomic E-state index is 11.9. The molecule has 2 aromatic heterocycles. The lowest BCUT2D eigenvalue weighted by Crippen LogP contribution is -2.35. The monoisotopic (exact) mass is 394 g/mol. The Morgan fingerprint density at radius 1 is 1.18 bits per heavy atom. The summed E-state index contributed by atoms with van der Waals surface area (Å²) in [6.07, 6.45) is 3.47. The van der Waals surface area contributed by atoms with Gasteiger partial charge in [-0.2, -0.15) is 4.98 Å². The summed E-state index contributed by atoms with van der Waals surface area (Å²) in [6.45, 7) is 2.21. The molecule has 0 amide bonds. The van der Waals surface area contributed by atoms with Gasteiger partial charge in [0.25, 0.3) is 5.89 Å². The number of aromatic amines is 1. The molecule has 1 N–H and O–H groups in total. The summed E-state index contributed by atoms with van der Waals surface area (Å²) >= 11 is 6.12. The molecule has 8 heteroatoms. The molecule has 0 aliphatic carbocycles. The van der Waals surface area contributed by atoms with Crippen LogP contribution in [-0.2, 0) is 6.54 Å². The van der Waals surface area contributed by atoms with Crippen molar-refractivity contribution >= 4 is 34.8 Å². The molecule has 0 atom stereocenters. The van der Waals surface area contributed by atoms with Gasteiger partial charge in [-0.25, -0.2) is 0 Å². The molecule has 0 spiro atoms.